The molecule has 0 aromatic heterocycles. The van der Waals surface area contributed by atoms with Crippen LogP contribution in [0.1, 0.15) is 15.9 Å². The first kappa shape index (κ1) is 13.1. The van der Waals surface area contributed by atoms with Crippen molar-refractivity contribution in [2.75, 3.05) is 7.11 Å². The van der Waals surface area contributed by atoms with E-state index in [1.165, 1.54) is 19.2 Å². The van der Waals surface area contributed by atoms with Gasteiger partial charge in [-0.2, -0.15) is 0 Å². The first-order valence-electron chi connectivity index (χ1n) is 5.71. The van der Waals surface area contributed by atoms with Crippen LogP contribution in [0.5, 0.6) is 5.75 Å². The summed E-state index contributed by atoms with van der Waals surface area (Å²) in [5, 5.41) is 9.23. The Morgan fingerprint density at radius 1 is 1.16 bits per heavy atom. The second-order valence-corrected chi connectivity index (χ2v) is 4.20. The van der Waals surface area contributed by atoms with Crippen LogP contribution in [0, 0.1) is 12.7 Å². The standard InChI is InChI=1S/C15H13FO3/c1-9-3-6-14(16)12(7-9)11-5-4-10(19-2)8-13(11)15(17)18/h3-8H,1-2H3,(H,17,18). The van der Waals surface area contributed by atoms with E-state index in [2.05, 4.69) is 0 Å². The maximum Gasteiger partial charge on any atom is 0.336 e. The minimum atomic E-state index is -1.12. The van der Waals surface area contributed by atoms with E-state index in [1.807, 2.05) is 6.92 Å². The number of aryl methyl sites for hydroxylation is 1. The Kier molecular flexibility index (Phi) is 3.51. The van der Waals surface area contributed by atoms with Crippen molar-refractivity contribution >= 4 is 5.97 Å². The van der Waals surface area contributed by atoms with Gasteiger partial charge >= 0.3 is 5.97 Å². The predicted molar refractivity (Wildman–Crippen MR) is 70.1 cm³/mol. The second-order valence-electron chi connectivity index (χ2n) is 4.20. The number of hydrogen-bond donors (Lipinski definition) is 1. The monoisotopic (exact) mass is 260 g/mol. The normalized spacial score (nSPS) is 10.3. The average Bonchev–Trinajstić information content (AvgIpc) is 2.40. The molecule has 2 rings (SSSR count). The number of carboxylic acids is 1. The molecule has 0 saturated carbocycles. The van der Waals surface area contributed by atoms with E-state index in [0.29, 0.717) is 11.3 Å². The van der Waals surface area contributed by atoms with Gasteiger partial charge in [-0.3, -0.25) is 0 Å². The molecule has 0 heterocycles. The third kappa shape index (κ3) is 2.57. The van der Waals surface area contributed by atoms with E-state index in [-0.39, 0.29) is 11.1 Å². The molecule has 0 amide bonds. The summed E-state index contributed by atoms with van der Waals surface area (Å²) in [5.41, 5.74) is 1.50. The van der Waals surface area contributed by atoms with Gasteiger partial charge in [-0.15, -0.1) is 0 Å². The van der Waals surface area contributed by atoms with Gasteiger partial charge in [0.15, 0.2) is 0 Å². The SMILES string of the molecule is COc1ccc(-c2cc(C)ccc2F)c(C(=O)O)c1. The van der Waals surface area contributed by atoms with Crippen molar-refractivity contribution in [1.82, 2.24) is 0 Å². The second kappa shape index (κ2) is 5.10. The molecule has 0 aliphatic rings. The molecule has 0 aliphatic heterocycles. The molecular formula is C15H13FO3. The Labute approximate surface area is 110 Å². The number of halogens is 1. The lowest BCUT2D eigenvalue weighted by molar-refractivity contribution is 0.0697. The molecule has 4 heteroatoms. The molecule has 0 unspecified atom stereocenters. The third-order valence-electron chi connectivity index (χ3n) is 2.87. The summed E-state index contributed by atoms with van der Waals surface area (Å²) >= 11 is 0. The van der Waals surface area contributed by atoms with E-state index in [4.69, 9.17) is 4.74 Å². The smallest absolute Gasteiger partial charge is 0.336 e. The Morgan fingerprint density at radius 3 is 2.53 bits per heavy atom. The number of carboxylic acid groups (broad SMARTS) is 1. The van der Waals surface area contributed by atoms with Crippen LogP contribution in [0.4, 0.5) is 4.39 Å². The van der Waals surface area contributed by atoms with Gasteiger partial charge in [0.1, 0.15) is 11.6 Å². The Hall–Kier alpha value is -2.36. The highest BCUT2D eigenvalue weighted by molar-refractivity contribution is 5.96. The molecule has 0 fully saturated rings. The average molecular weight is 260 g/mol. The van der Waals surface area contributed by atoms with Crippen LogP contribution in [0.3, 0.4) is 0 Å². The van der Waals surface area contributed by atoms with Crippen LogP contribution in [0.2, 0.25) is 0 Å². The first-order valence-corrected chi connectivity index (χ1v) is 5.71. The fourth-order valence-corrected chi connectivity index (χ4v) is 1.91. The molecule has 0 spiro atoms. The minimum Gasteiger partial charge on any atom is -0.497 e. The predicted octanol–water partition coefficient (Wildman–Crippen LogP) is 3.51. The van der Waals surface area contributed by atoms with Gasteiger partial charge in [-0.1, -0.05) is 11.6 Å². The van der Waals surface area contributed by atoms with Gasteiger partial charge in [0.05, 0.1) is 12.7 Å². The molecule has 0 radical (unpaired) electrons. The van der Waals surface area contributed by atoms with Crippen LogP contribution in [-0.2, 0) is 0 Å². The summed E-state index contributed by atoms with van der Waals surface area (Å²) < 4.78 is 18.8. The molecule has 0 bridgehead atoms. The number of aromatic carboxylic acids is 1. The highest BCUT2D eigenvalue weighted by Gasteiger charge is 2.16. The number of rotatable bonds is 3. The zero-order valence-electron chi connectivity index (χ0n) is 10.6. The van der Waals surface area contributed by atoms with Crippen molar-refractivity contribution < 1.29 is 19.0 Å². The third-order valence-corrected chi connectivity index (χ3v) is 2.87. The molecule has 0 atom stereocenters. The van der Waals surface area contributed by atoms with E-state index >= 15 is 0 Å². The molecule has 2 aromatic rings. The lowest BCUT2D eigenvalue weighted by Crippen LogP contribution is -2.01. The van der Waals surface area contributed by atoms with Crippen molar-refractivity contribution in [1.29, 1.82) is 0 Å². The van der Waals surface area contributed by atoms with Gasteiger partial charge in [0.2, 0.25) is 0 Å². The zero-order valence-corrected chi connectivity index (χ0v) is 10.6. The quantitative estimate of drug-likeness (QED) is 0.918. The van der Waals surface area contributed by atoms with Gasteiger partial charge in [-0.05, 0) is 42.8 Å². The molecule has 19 heavy (non-hydrogen) atoms. The Bertz CT molecular complexity index is 635. The zero-order chi connectivity index (χ0) is 14.0. The molecule has 0 aliphatic carbocycles. The van der Waals surface area contributed by atoms with Crippen molar-refractivity contribution in [2.45, 2.75) is 6.92 Å². The summed E-state index contributed by atoms with van der Waals surface area (Å²) in [6.45, 7) is 1.83. The number of methoxy groups -OCH3 is 1. The molecule has 0 saturated heterocycles. The van der Waals surface area contributed by atoms with Crippen LogP contribution in [0.25, 0.3) is 11.1 Å². The number of ether oxygens (including phenoxy) is 1. The fraction of sp³-hybridized carbons (Fsp3) is 0.133. The van der Waals surface area contributed by atoms with E-state index in [1.54, 1.807) is 24.3 Å². The molecule has 2 aromatic carbocycles. The van der Waals surface area contributed by atoms with E-state index < -0.39 is 11.8 Å². The van der Waals surface area contributed by atoms with Gasteiger partial charge in [-0.25, -0.2) is 9.18 Å². The molecule has 3 nitrogen and oxygen atoms in total. The van der Waals surface area contributed by atoms with Crippen molar-refractivity contribution in [3.8, 4) is 16.9 Å². The fourth-order valence-electron chi connectivity index (χ4n) is 1.91. The Balaban J connectivity index is 2.67. The maximum absolute atomic E-state index is 13.9. The number of hydrogen-bond acceptors (Lipinski definition) is 2. The molecule has 1 N–H and O–H groups in total. The molecule has 98 valence electrons. The summed E-state index contributed by atoms with van der Waals surface area (Å²) in [4.78, 5) is 11.3. The van der Waals surface area contributed by atoms with Crippen molar-refractivity contribution in [3.05, 3.63) is 53.3 Å². The summed E-state index contributed by atoms with van der Waals surface area (Å²) in [6.07, 6.45) is 0. The van der Waals surface area contributed by atoms with Crippen LogP contribution in [-0.4, -0.2) is 18.2 Å². The van der Waals surface area contributed by atoms with Crippen LogP contribution < -0.4 is 4.74 Å². The summed E-state index contributed by atoms with van der Waals surface area (Å²) in [6, 6.07) is 9.16. The first-order chi connectivity index (χ1) is 9.02. The highest BCUT2D eigenvalue weighted by Crippen LogP contribution is 2.30. The lowest BCUT2D eigenvalue weighted by atomic mass is 9.97. The van der Waals surface area contributed by atoms with Gasteiger partial charge in [0, 0.05) is 5.56 Å². The summed E-state index contributed by atoms with van der Waals surface area (Å²) in [7, 11) is 1.45. The summed E-state index contributed by atoms with van der Waals surface area (Å²) in [5.74, 6) is -1.14. The lowest BCUT2D eigenvalue weighted by Gasteiger charge is -2.10. The number of carbonyl (C=O) groups is 1. The van der Waals surface area contributed by atoms with E-state index in [0.717, 1.165) is 5.56 Å². The topological polar surface area (TPSA) is 46.5 Å². The molecular weight excluding hydrogens is 247 g/mol. The Morgan fingerprint density at radius 2 is 1.89 bits per heavy atom. The van der Waals surface area contributed by atoms with Gasteiger partial charge in [0.25, 0.3) is 0 Å². The maximum atomic E-state index is 13.9. The highest BCUT2D eigenvalue weighted by atomic mass is 19.1. The van der Waals surface area contributed by atoms with Crippen LogP contribution in [0.15, 0.2) is 36.4 Å². The van der Waals surface area contributed by atoms with Crippen LogP contribution >= 0.6 is 0 Å². The van der Waals surface area contributed by atoms with Gasteiger partial charge < -0.3 is 9.84 Å². The number of benzene rings is 2. The van der Waals surface area contributed by atoms with Crippen molar-refractivity contribution in [2.24, 2.45) is 0 Å². The van der Waals surface area contributed by atoms with E-state index in [9.17, 15) is 14.3 Å². The minimum absolute atomic E-state index is 0.0175. The largest absolute Gasteiger partial charge is 0.497 e. The van der Waals surface area contributed by atoms with Crippen molar-refractivity contribution in [3.63, 3.8) is 0 Å².